The fourth-order valence-electron chi connectivity index (χ4n) is 0.935. The predicted octanol–water partition coefficient (Wildman–Crippen LogP) is -2.75. The lowest BCUT2D eigenvalue weighted by Crippen LogP contribution is -2.48. The monoisotopic (exact) mass is 161 g/mol. The molecule has 0 radical (unpaired) electrons. The van der Waals surface area contributed by atoms with Crippen LogP contribution in [0.2, 0.25) is 0 Å². The summed E-state index contributed by atoms with van der Waals surface area (Å²) in [6.45, 7) is -0.153. The number of hydrogen-bond acceptors (Lipinski definition) is 5. The molecule has 5 nitrogen and oxygen atoms in total. The molecule has 0 amide bonds. The molecule has 0 aromatic rings. The van der Waals surface area contributed by atoms with Gasteiger partial charge in [0.25, 0.3) is 0 Å². The molecule has 1 rings (SSSR count). The van der Waals surface area contributed by atoms with Crippen molar-refractivity contribution in [2.24, 2.45) is 0 Å². The Kier molecular flexibility index (Phi) is 2.43. The lowest BCUT2D eigenvalue weighted by molar-refractivity contribution is -0.321. The van der Waals surface area contributed by atoms with Crippen molar-refractivity contribution in [2.75, 3.05) is 6.61 Å². The van der Waals surface area contributed by atoms with Crippen LogP contribution in [-0.2, 0) is 9.53 Å². The van der Waals surface area contributed by atoms with E-state index in [-0.39, 0.29) is 13.0 Å². The molecule has 1 aliphatic heterocycles. The molecule has 1 heterocycles. The summed E-state index contributed by atoms with van der Waals surface area (Å²) in [5.74, 6) is -1.35. The molecule has 1 saturated heterocycles. The first-order valence-electron chi connectivity index (χ1n) is 3.30. The Hall–Kier alpha value is -0.650. The first-order chi connectivity index (χ1) is 5.11. The Labute approximate surface area is 63.2 Å². The van der Waals surface area contributed by atoms with Crippen molar-refractivity contribution in [1.29, 1.82) is 0 Å². The van der Waals surface area contributed by atoms with Crippen molar-refractivity contribution in [2.45, 2.75) is 24.7 Å². The van der Waals surface area contributed by atoms with Crippen LogP contribution in [0.1, 0.15) is 6.42 Å². The van der Waals surface area contributed by atoms with Gasteiger partial charge in [0.1, 0.15) is 6.10 Å². The van der Waals surface area contributed by atoms with E-state index in [1.54, 1.807) is 0 Å². The van der Waals surface area contributed by atoms with E-state index in [0.717, 1.165) is 0 Å². The molecule has 5 heteroatoms. The van der Waals surface area contributed by atoms with Gasteiger partial charge in [0.15, 0.2) is 0 Å². The molecule has 0 saturated carbocycles. The molecule has 2 N–H and O–H groups in total. The highest BCUT2D eigenvalue weighted by Crippen LogP contribution is 2.13. The maximum atomic E-state index is 10.2. The van der Waals surface area contributed by atoms with E-state index in [1.165, 1.54) is 0 Å². The fraction of sp³-hybridized carbons (Fsp3) is 0.833. The first-order valence-corrected chi connectivity index (χ1v) is 3.30. The van der Waals surface area contributed by atoms with Crippen molar-refractivity contribution in [3.63, 3.8) is 0 Å². The summed E-state index contributed by atoms with van der Waals surface area (Å²) in [6.07, 6.45) is -3.20. The quantitative estimate of drug-likeness (QED) is 0.435. The highest BCUT2D eigenvalue weighted by Gasteiger charge is 2.28. The number of aliphatic hydroxyl groups excluding tert-OH is 2. The van der Waals surface area contributed by atoms with Crippen molar-refractivity contribution in [3.8, 4) is 0 Å². The summed E-state index contributed by atoms with van der Waals surface area (Å²) in [4.78, 5) is 10.2. The molecule has 0 aromatic carbocycles. The van der Waals surface area contributed by atoms with Gasteiger partial charge in [0.2, 0.25) is 0 Å². The SMILES string of the molecule is O=C([O-])C1C[C@@H](O)C(O)CO1. The number of carbonyl (C=O) groups excluding carboxylic acids is 1. The Balaban J connectivity index is 2.46. The van der Waals surface area contributed by atoms with Gasteiger partial charge >= 0.3 is 0 Å². The molecular formula is C6H9O5-. The summed E-state index contributed by atoms with van der Waals surface area (Å²) in [5, 5.41) is 28.0. The summed E-state index contributed by atoms with van der Waals surface area (Å²) >= 11 is 0. The average Bonchev–Trinajstić information content (AvgIpc) is 1.94. The predicted molar refractivity (Wildman–Crippen MR) is 31.4 cm³/mol. The number of ether oxygens (including phenoxy) is 1. The molecule has 11 heavy (non-hydrogen) atoms. The maximum absolute atomic E-state index is 10.2. The van der Waals surface area contributed by atoms with Gasteiger partial charge in [-0.15, -0.1) is 0 Å². The molecule has 1 aliphatic rings. The Bertz CT molecular complexity index is 157. The maximum Gasteiger partial charge on any atom is 0.103 e. The largest absolute Gasteiger partial charge is 0.547 e. The van der Waals surface area contributed by atoms with Gasteiger partial charge in [-0.2, -0.15) is 0 Å². The second-order valence-corrected chi connectivity index (χ2v) is 2.51. The van der Waals surface area contributed by atoms with E-state index < -0.39 is 24.3 Å². The lowest BCUT2D eigenvalue weighted by Gasteiger charge is -2.30. The van der Waals surface area contributed by atoms with E-state index in [2.05, 4.69) is 4.74 Å². The van der Waals surface area contributed by atoms with Crippen LogP contribution in [0.5, 0.6) is 0 Å². The third-order valence-corrected chi connectivity index (χ3v) is 1.63. The van der Waals surface area contributed by atoms with E-state index in [4.69, 9.17) is 10.2 Å². The standard InChI is InChI=1S/C6H10O5/c7-3-1-5(6(9)10)11-2-4(3)8/h3-5,7-8H,1-2H2,(H,9,10)/p-1/t3-,4?,5?/m1/s1. The number of aliphatic carboxylic acids is 1. The van der Waals surface area contributed by atoms with Crippen molar-refractivity contribution in [1.82, 2.24) is 0 Å². The fourth-order valence-corrected chi connectivity index (χ4v) is 0.935. The first kappa shape index (κ1) is 8.45. The number of carbonyl (C=O) groups is 1. The second-order valence-electron chi connectivity index (χ2n) is 2.51. The number of carboxylic acid groups (broad SMARTS) is 1. The Morgan fingerprint density at radius 1 is 1.45 bits per heavy atom. The van der Waals surface area contributed by atoms with Crippen LogP contribution in [0.25, 0.3) is 0 Å². The molecular weight excluding hydrogens is 152 g/mol. The second kappa shape index (κ2) is 3.17. The number of hydrogen-bond donors (Lipinski definition) is 2. The van der Waals surface area contributed by atoms with Crippen LogP contribution in [0.3, 0.4) is 0 Å². The minimum absolute atomic E-state index is 0.108. The van der Waals surface area contributed by atoms with Gasteiger partial charge in [0.05, 0.1) is 24.8 Å². The van der Waals surface area contributed by atoms with Gasteiger partial charge in [-0.1, -0.05) is 0 Å². The number of carboxylic acids is 1. The zero-order valence-electron chi connectivity index (χ0n) is 5.77. The molecule has 0 bridgehead atoms. The smallest absolute Gasteiger partial charge is 0.103 e. The van der Waals surface area contributed by atoms with E-state index in [0.29, 0.717) is 0 Å². The summed E-state index contributed by atoms with van der Waals surface area (Å²) in [7, 11) is 0. The molecule has 0 spiro atoms. The molecule has 0 aliphatic carbocycles. The molecule has 2 unspecified atom stereocenters. The van der Waals surface area contributed by atoms with Crippen molar-refractivity contribution < 1.29 is 24.9 Å². The highest BCUT2D eigenvalue weighted by molar-refractivity contribution is 5.70. The topological polar surface area (TPSA) is 89.8 Å². The third kappa shape index (κ3) is 1.89. The van der Waals surface area contributed by atoms with Crippen LogP contribution in [0.15, 0.2) is 0 Å². The van der Waals surface area contributed by atoms with Gasteiger partial charge in [-0.3, -0.25) is 0 Å². The highest BCUT2D eigenvalue weighted by atomic mass is 16.5. The van der Waals surface area contributed by atoms with Crippen molar-refractivity contribution >= 4 is 5.97 Å². The molecule has 3 atom stereocenters. The van der Waals surface area contributed by atoms with Gasteiger partial charge in [-0.25, -0.2) is 0 Å². The summed E-state index contributed by atoms with van der Waals surface area (Å²) in [6, 6.07) is 0. The van der Waals surface area contributed by atoms with Gasteiger partial charge in [-0.05, 0) is 0 Å². The van der Waals surface area contributed by atoms with Gasteiger partial charge in [0, 0.05) is 6.42 Å². The zero-order valence-corrected chi connectivity index (χ0v) is 5.77. The molecule has 64 valence electrons. The van der Waals surface area contributed by atoms with Crippen LogP contribution in [0, 0.1) is 0 Å². The van der Waals surface area contributed by atoms with E-state index in [1.807, 2.05) is 0 Å². The van der Waals surface area contributed by atoms with E-state index >= 15 is 0 Å². The zero-order chi connectivity index (χ0) is 8.43. The summed E-state index contributed by atoms with van der Waals surface area (Å²) < 4.78 is 4.65. The van der Waals surface area contributed by atoms with Crippen molar-refractivity contribution in [3.05, 3.63) is 0 Å². The Morgan fingerprint density at radius 2 is 2.09 bits per heavy atom. The normalized spacial score (nSPS) is 38.5. The van der Waals surface area contributed by atoms with Crippen LogP contribution in [0.4, 0.5) is 0 Å². The van der Waals surface area contributed by atoms with Crippen LogP contribution < -0.4 is 5.11 Å². The minimum Gasteiger partial charge on any atom is -0.547 e. The molecule has 0 aromatic heterocycles. The van der Waals surface area contributed by atoms with Crippen LogP contribution >= 0.6 is 0 Å². The lowest BCUT2D eigenvalue weighted by atomic mass is 10.0. The van der Waals surface area contributed by atoms with Crippen LogP contribution in [-0.4, -0.2) is 41.1 Å². The minimum atomic E-state index is -1.35. The molecule has 1 fully saturated rings. The Morgan fingerprint density at radius 3 is 2.55 bits per heavy atom. The number of rotatable bonds is 1. The average molecular weight is 161 g/mol. The van der Waals surface area contributed by atoms with Gasteiger partial charge < -0.3 is 24.9 Å². The summed E-state index contributed by atoms with van der Waals surface area (Å²) in [5.41, 5.74) is 0. The van der Waals surface area contributed by atoms with E-state index in [9.17, 15) is 9.90 Å². The number of aliphatic hydroxyl groups is 2. The third-order valence-electron chi connectivity index (χ3n) is 1.63.